The third-order valence-electron chi connectivity index (χ3n) is 4.73. The summed E-state index contributed by atoms with van der Waals surface area (Å²) in [4.78, 5) is 26.5. The predicted molar refractivity (Wildman–Crippen MR) is 102 cm³/mol. The number of hydrogen-bond acceptors (Lipinski definition) is 8. The molecule has 0 unspecified atom stereocenters. The molecule has 0 saturated carbocycles. The molecule has 0 bridgehead atoms. The molecule has 1 amide bonds. The molecule has 1 aliphatic rings. The molecule has 0 aliphatic carbocycles. The van der Waals surface area contributed by atoms with Crippen LogP contribution in [0, 0.1) is 10.1 Å². The van der Waals surface area contributed by atoms with E-state index in [-0.39, 0.29) is 6.54 Å². The van der Waals surface area contributed by atoms with Gasteiger partial charge in [-0.1, -0.05) is 23.2 Å². The predicted octanol–water partition coefficient (Wildman–Crippen LogP) is 2.90. The Balaban J connectivity index is 1.45. The quantitative estimate of drug-likeness (QED) is 0.367. The zero-order valence-electron chi connectivity index (χ0n) is 15.4. The van der Waals surface area contributed by atoms with Gasteiger partial charge in [-0.05, 0) is 29.2 Å². The lowest BCUT2D eigenvalue weighted by Gasteiger charge is -2.19. The van der Waals surface area contributed by atoms with E-state index < -0.39 is 22.8 Å². The molecule has 1 aromatic carbocycles. The van der Waals surface area contributed by atoms with Gasteiger partial charge < -0.3 is 18.9 Å². The Kier molecular flexibility index (Phi) is 4.12. The van der Waals surface area contributed by atoms with E-state index in [1.54, 1.807) is 12.1 Å². The van der Waals surface area contributed by atoms with Crippen molar-refractivity contribution < 1.29 is 18.6 Å². The van der Waals surface area contributed by atoms with Crippen molar-refractivity contribution in [1.82, 2.24) is 19.8 Å². The van der Waals surface area contributed by atoms with Gasteiger partial charge in [0.15, 0.2) is 5.76 Å². The fourth-order valence-corrected chi connectivity index (χ4v) is 3.37. The van der Waals surface area contributed by atoms with Crippen molar-refractivity contribution in [2.45, 2.75) is 19.0 Å². The van der Waals surface area contributed by atoms with Gasteiger partial charge in [-0.2, -0.15) is 9.78 Å². The maximum absolute atomic E-state index is 12.9. The van der Waals surface area contributed by atoms with Gasteiger partial charge >= 0.3 is 5.95 Å². The SMILES string of the molecule is O=C(Cn1cnc([N+](=O)[O-])n1)N1N=C(c2cc3ccccc3o2)C[C@@H]1c1ccco1. The van der Waals surface area contributed by atoms with Gasteiger partial charge in [-0.3, -0.25) is 4.79 Å². The third-order valence-corrected chi connectivity index (χ3v) is 4.73. The van der Waals surface area contributed by atoms with E-state index in [1.807, 2.05) is 30.3 Å². The molecule has 0 saturated heterocycles. The second kappa shape index (κ2) is 6.95. The fraction of sp³-hybridized carbons (Fsp3) is 0.158. The lowest BCUT2D eigenvalue weighted by Crippen LogP contribution is -2.30. The molecule has 0 spiro atoms. The molecule has 30 heavy (non-hydrogen) atoms. The molecule has 1 aliphatic heterocycles. The van der Waals surface area contributed by atoms with Gasteiger partial charge in [0.2, 0.25) is 6.33 Å². The van der Waals surface area contributed by atoms with Gasteiger partial charge in [0, 0.05) is 16.9 Å². The molecule has 4 heterocycles. The smallest absolute Gasteiger partial charge is 0.467 e. The number of hydrogen-bond donors (Lipinski definition) is 0. The Morgan fingerprint density at radius 3 is 2.87 bits per heavy atom. The zero-order valence-corrected chi connectivity index (χ0v) is 15.4. The molecule has 11 nitrogen and oxygen atoms in total. The van der Waals surface area contributed by atoms with Crippen LogP contribution in [0.2, 0.25) is 0 Å². The van der Waals surface area contributed by atoms with Crippen LogP contribution in [-0.4, -0.2) is 36.3 Å². The minimum Gasteiger partial charge on any atom is -0.467 e. The van der Waals surface area contributed by atoms with Gasteiger partial charge in [0.25, 0.3) is 5.91 Å². The number of furan rings is 2. The van der Waals surface area contributed by atoms with Crippen molar-refractivity contribution in [2.75, 3.05) is 0 Å². The Bertz CT molecular complexity index is 1240. The summed E-state index contributed by atoms with van der Waals surface area (Å²) in [6.45, 7) is -0.255. The topological polar surface area (TPSA) is 133 Å². The van der Waals surface area contributed by atoms with Crippen molar-refractivity contribution in [3.8, 4) is 0 Å². The van der Waals surface area contributed by atoms with E-state index in [0.29, 0.717) is 23.7 Å². The Morgan fingerprint density at radius 1 is 1.27 bits per heavy atom. The number of para-hydroxylation sites is 1. The number of benzene rings is 1. The van der Waals surface area contributed by atoms with Gasteiger partial charge in [0.1, 0.15) is 29.6 Å². The van der Waals surface area contributed by atoms with Crippen molar-refractivity contribution in [2.24, 2.45) is 5.10 Å². The molecule has 0 N–H and O–H groups in total. The van der Waals surface area contributed by atoms with Crippen LogP contribution in [-0.2, 0) is 11.3 Å². The number of rotatable bonds is 5. The Hall–Kier alpha value is -4.28. The average molecular weight is 406 g/mol. The Labute approximate surface area is 168 Å². The number of aromatic nitrogens is 3. The van der Waals surface area contributed by atoms with E-state index in [1.165, 1.54) is 11.3 Å². The van der Waals surface area contributed by atoms with Crippen molar-refractivity contribution >= 4 is 28.5 Å². The van der Waals surface area contributed by atoms with Crippen molar-refractivity contribution in [3.63, 3.8) is 0 Å². The maximum Gasteiger partial charge on any atom is 0.490 e. The number of fused-ring (bicyclic) bond motifs is 1. The fourth-order valence-electron chi connectivity index (χ4n) is 3.37. The van der Waals surface area contributed by atoms with E-state index in [0.717, 1.165) is 22.0 Å². The number of hydrazone groups is 1. The first-order chi connectivity index (χ1) is 14.6. The van der Waals surface area contributed by atoms with Crippen LogP contribution < -0.4 is 0 Å². The zero-order chi connectivity index (χ0) is 20.7. The highest BCUT2D eigenvalue weighted by Gasteiger charge is 2.36. The monoisotopic (exact) mass is 406 g/mol. The van der Waals surface area contributed by atoms with E-state index in [9.17, 15) is 14.9 Å². The highest BCUT2D eigenvalue weighted by molar-refractivity contribution is 6.03. The molecule has 4 aromatic rings. The van der Waals surface area contributed by atoms with Gasteiger partial charge in [0.05, 0.1) is 6.26 Å². The number of nitrogens with zero attached hydrogens (tertiary/aromatic N) is 6. The lowest BCUT2D eigenvalue weighted by atomic mass is 10.1. The summed E-state index contributed by atoms with van der Waals surface area (Å²) in [6.07, 6.45) is 3.06. The summed E-state index contributed by atoms with van der Waals surface area (Å²) in [5, 5.41) is 21.2. The van der Waals surface area contributed by atoms with Crippen molar-refractivity contribution in [1.29, 1.82) is 0 Å². The number of nitro groups is 1. The molecule has 0 radical (unpaired) electrons. The summed E-state index contributed by atoms with van der Waals surface area (Å²) in [7, 11) is 0. The van der Waals surface area contributed by atoms with E-state index in [2.05, 4.69) is 15.2 Å². The van der Waals surface area contributed by atoms with Gasteiger partial charge in [-0.15, -0.1) is 0 Å². The summed E-state index contributed by atoms with van der Waals surface area (Å²) < 4.78 is 12.5. The maximum atomic E-state index is 12.9. The summed E-state index contributed by atoms with van der Waals surface area (Å²) >= 11 is 0. The average Bonchev–Trinajstić information content (AvgIpc) is 3.52. The summed E-state index contributed by atoms with van der Waals surface area (Å²) in [5.41, 5.74) is 1.33. The second-order valence-corrected chi connectivity index (χ2v) is 6.67. The Morgan fingerprint density at radius 2 is 2.13 bits per heavy atom. The highest BCUT2D eigenvalue weighted by atomic mass is 16.6. The molecule has 1 atom stereocenters. The first-order valence-electron chi connectivity index (χ1n) is 9.04. The number of carbonyl (C=O) groups excluding carboxylic acids is 1. The molecule has 150 valence electrons. The molecular weight excluding hydrogens is 392 g/mol. The summed E-state index contributed by atoms with van der Waals surface area (Å²) in [5.74, 6) is 0.155. The second-order valence-electron chi connectivity index (χ2n) is 6.67. The minimum atomic E-state index is -0.722. The van der Waals surface area contributed by atoms with Crippen LogP contribution in [0.15, 0.2) is 69.0 Å². The summed E-state index contributed by atoms with van der Waals surface area (Å²) in [6, 6.07) is 12.5. The normalized spacial score (nSPS) is 16.2. The molecule has 5 rings (SSSR count). The molecule has 11 heteroatoms. The third kappa shape index (κ3) is 3.11. The van der Waals surface area contributed by atoms with Crippen LogP contribution in [0.1, 0.15) is 24.0 Å². The first-order valence-corrected chi connectivity index (χ1v) is 9.04. The largest absolute Gasteiger partial charge is 0.490 e. The first kappa shape index (κ1) is 17.8. The van der Waals surface area contributed by atoms with Crippen LogP contribution >= 0.6 is 0 Å². The molecule has 0 fully saturated rings. The van der Waals surface area contributed by atoms with Gasteiger partial charge in [-0.25, -0.2) is 5.01 Å². The van der Waals surface area contributed by atoms with E-state index >= 15 is 0 Å². The highest BCUT2D eigenvalue weighted by Crippen LogP contribution is 2.34. The van der Waals surface area contributed by atoms with E-state index in [4.69, 9.17) is 8.83 Å². The standard InChI is InChI=1S/C19H14N6O5/c26-18(10-23-11-20-19(22-23)25(27)28)24-14(16-6-3-7-29-16)9-13(21-24)17-8-12-4-1-2-5-15(12)30-17/h1-8,11,14H,9-10H2/t14-/m1/s1. The van der Waals surface area contributed by atoms with Crippen molar-refractivity contribution in [3.05, 3.63) is 76.7 Å². The van der Waals surface area contributed by atoms with Crippen LogP contribution in [0.3, 0.4) is 0 Å². The van der Waals surface area contributed by atoms with Crippen LogP contribution in [0.25, 0.3) is 11.0 Å². The minimum absolute atomic E-state index is 0.255. The molecular formula is C19H14N6O5. The van der Waals surface area contributed by atoms with Crippen LogP contribution in [0.4, 0.5) is 5.95 Å². The van der Waals surface area contributed by atoms with Crippen LogP contribution in [0.5, 0.6) is 0 Å². The number of carbonyl (C=O) groups is 1. The molecule has 3 aromatic heterocycles. The lowest BCUT2D eigenvalue weighted by molar-refractivity contribution is -0.394. The number of amides is 1.